The molecule has 0 saturated heterocycles. The Morgan fingerprint density at radius 3 is 2.75 bits per heavy atom. The second-order valence-electron chi connectivity index (χ2n) is 6.34. The van der Waals surface area contributed by atoms with Crippen LogP contribution in [0.5, 0.6) is 0 Å². The van der Waals surface area contributed by atoms with E-state index in [1.54, 1.807) is 18.3 Å². The number of fused-ring (bicyclic) bond motifs is 1. The van der Waals surface area contributed by atoms with Gasteiger partial charge in [-0.25, -0.2) is 4.98 Å². The van der Waals surface area contributed by atoms with Gasteiger partial charge in [0, 0.05) is 21.8 Å². The average molecular weight is 407 g/mol. The van der Waals surface area contributed by atoms with E-state index in [9.17, 15) is 0 Å². The summed E-state index contributed by atoms with van der Waals surface area (Å²) in [5, 5.41) is 1.22. The first-order chi connectivity index (χ1) is 13.6. The Hall–Kier alpha value is -2.88. The third-order valence-electron chi connectivity index (χ3n) is 4.18. The molecule has 4 rings (SSSR count). The molecule has 0 aliphatic carbocycles. The monoisotopic (exact) mass is 406 g/mol. The van der Waals surface area contributed by atoms with Crippen LogP contribution in [-0.4, -0.2) is 11.2 Å². The highest BCUT2D eigenvalue weighted by Crippen LogP contribution is 2.27. The maximum absolute atomic E-state index is 6.16. The van der Waals surface area contributed by atoms with Crippen LogP contribution < -0.4 is 0 Å². The van der Waals surface area contributed by atoms with E-state index in [-0.39, 0.29) is 0 Å². The fourth-order valence-corrected chi connectivity index (χ4v) is 3.26. The van der Waals surface area contributed by atoms with Crippen LogP contribution in [0.2, 0.25) is 10.0 Å². The van der Waals surface area contributed by atoms with Gasteiger partial charge in [0.15, 0.2) is 5.58 Å². The van der Waals surface area contributed by atoms with Crippen LogP contribution >= 0.6 is 23.2 Å². The van der Waals surface area contributed by atoms with Crippen LogP contribution in [0.4, 0.5) is 5.69 Å². The lowest BCUT2D eigenvalue weighted by Crippen LogP contribution is -1.77. The van der Waals surface area contributed by atoms with Crippen LogP contribution in [0.25, 0.3) is 28.6 Å². The number of aryl methyl sites for hydroxylation is 1. The minimum atomic E-state index is 0.584. The van der Waals surface area contributed by atoms with Crippen molar-refractivity contribution >= 4 is 52.3 Å². The predicted molar refractivity (Wildman–Crippen MR) is 118 cm³/mol. The van der Waals surface area contributed by atoms with E-state index in [4.69, 9.17) is 27.6 Å². The summed E-state index contributed by atoms with van der Waals surface area (Å²) in [5.41, 5.74) is 5.35. The second kappa shape index (κ2) is 8.01. The summed E-state index contributed by atoms with van der Waals surface area (Å²) in [6, 6.07) is 19.1. The van der Waals surface area contributed by atoms with Crippen molar-refractivity contribution in [3.63, 3.8) is 0 Å². The van der Waals surface area contributed by atoms with Crippen molar-refractivity contribution in [3.05, 3.63) is 87.9 Å². The average Bonchev–Trinajstić information content (AvgIpc) is 3.10. The number of rotatable bonds is 4. The number of oxazole rings is 1. The van der Waals surface area contributed by atoms with E-state index in [0.29, 0.717) is 15.9 Å². The molecule has 0 radical (unpaired) electrons. The van der Waals surface area contributed by atoms with Crippen molar-refractivity contribution in [2.24, 2.45) is 4.99 Å². The molecule has 1 aromatic heterocycles. The lowest BCUT2D eigenvalue weighted by Gasteiger charge is -1.98. The van der Waals surface area contributed by atoms with Gasteiger partial charge in [-0.15, -0.1) is 0 Å². The molecule has 0 spiro atoms. The molecule has 0 unspecified atom stereocenters. The Kier molecular flexibility index (Phi) is 5.29. The van der Waals surface area contributed by atoms with Crippen LogP contribution in [0.15, 0.2) is 76.1 Å². The molecular formula is C23H16Cl2N2O. The van der Waals surface area contributed by atoms with Crippen LogP contribution in [-0.2, 0) is 0 Å². The Balaban J connectivity index is 1.54. The molecule has 4 aromatic rings. The van der Waals surface area contributed by atoms with E-state index in [2.05, 4.69) is 9.98 Å². The number of hydrogen-bond donors (Lipinski definition) is 0. The van der Waals surface area contributed by atoms with Gasteiger partial charge >= 0.3 is 0 Å². The third kappa shape index (κ3) is 4.16. The molecule has 5 heteroatoms. The quantitative estimate of drug-likeness (QED) is 0.328. The Morgan fingerprint density at radius 2 is 1.89 bits per heavy atom. The Bertz CT molecular complexity index is 1210. The summed E-state index contributed by atoms with van der Waals surface area (Å²) in [7, 11) is 0. The lowest BCUT2D eigenvalue weighted by atomic mass is 10.2. The van der Waals surface area contributed by atoms with E-state index in [0.717, 1.165) is 33.5 Å². The van der Waals surface area contributed by atoms with Gasteiger partial charge in [0.05, 0.1) is 5.69 Å². The number of aliphatic imine (C=N–C) groups is 1. The standard InChI is InChI=1S/C23H16Cl2N2O/c1-15-7-10-22-21(12-15)27-23(28-22)17-4-2-6-19(13-17)26-11-3-5-16-8-9-18(24)14-20(16)25/h2-14H,1H3. The molecule has 0 saturated carbocycles. The second-order valence-corrected chi connectivity index (χ2v) is 7.19. The molecule has 1 heterocycles. The zero-order valence-corrected chi connectivity index (χ0v) is 16.6. The van der Waals surface area contributed by atoms with Crippen LogP contribution in [0.3, 0.4) is 0 Å². The number of nitrogens with zero attached hydrogens (tertiary/aromatic N) is 2. The summed E-state index contributed by atoms with van der Waals surface area (Å²) < 4.78 is 5.87. The van der Waals surface area contributed by atoms with Crippen molar-refractivity contribution in [2.45, 2.75) is 6.92 Å². The number of hydrogen-bond acceptors (Lipinski definition) is 3. The highest BCUT2D eigenvalue weighted by atomic mass is 35.5. The summed E-state index contributed by atoms with van der Waals surface area (Å²) in [5.74, 6) is 0.584. The van der Waals surface area contributed by atoms with Crippen molar-refractivity contribution in [1.29, 1.82) is 0 Å². The van der Waals surface area contributed by atoms with E-state index >= 15 is 0 Å². The van der Waals surface area contributed by atoms with Crippen LogP contribution in [0.1, 0.15) is 11.1 Å². The normalized spacial score (nSPS) is 11.8. The summed E-state index contributed by atoms with van der Waals surface area (Å²) >= 11 is 12.1. The first-order valence-electron chi connectivity index (χ1n) is 8.72. The molecular weight excluding hydrogens is 391 g/mol. The van der Waals surface area contributed by atoms with Crippen molar-refractivity contribution in [3.8, 4) is 11.5 Å². The minimum Gasteiger partial charge on any atom is -0.436 e. The van der Waals surface area contributed by atoms with Gasteiger partial charge in [0.25, 0.3) is 0 Å². The van der Waals surface area contributed by atoms with Gasteiger partial charge in [-0.3, -0.25) is 4.99 Å². The van der Waals surface area contributed by atoms with Gasteiger partial charge in [-0.05, 0) is 66.6 Å². The SMILES string of the molecule is Cc1ccc2oc(-c3cccc(N=CC=Cc4ccc(Cl)cc4Cl)c3)nc2c1. The summed E-state index contributed by atoms with van der Waals surface area (Å²) in [4.78, 5) is 9.05. The molecule has 0 aliphatic heterocycles. The largest absolute Gasteiger partial charge is 0.436 e. The molecule has 0 aliphatic rings. The molecule has 3 aromatic carbocycles. The van der Waals surface area contributed by atoms with Crippen LogP contribution in [0, 0.1) is 6.92 Å². The molecule has 0 bridgehead atoms. The lowest BCUT2D eigenvalue weighted by molar-refractivity contribution is 0.620. The molecule has 0 fully saturated rings. The number of benzene rings is 3. The molecule has 0 N–H and O–H groups in total. The number of aromatic nitrogens is 1. The highest BCUT2D eigenvalue weighted by molar-refractivity contribution is 6.35. The molecule has 28 heavy (non-hydrogen) atoms. The van der Waals surface area contributed by atoms with Crippen molar-refractivity contribution in [2.75, 3.05) is 0 Å². The van der Waals surface area contributed by atoms with E-state index in [1.165, 1.54) is 0 Å². The first-order valence-corrected chi connectivity index (χ1v) is 9.47. The van der Waals surface area contributed by atoms with E-state index < -0.39 is 0 Å². The molecule has 138 valence electrons. The van der Waals surface area contributed by atoms with E-state index in [1.807, 2.05) is 67.6 Å². The third-order valence-corrected chi connectivity index (χ3v) is 4.75. The van der Waals surface area contributed by atoms with Gasteiger partial charge < -0.3 is 4.42 Å². The molecule has 0 atom stereocenters. The van der Waals surface area contributed by atoms with Gasteiger partial charge in [0.2, 0.25) is 5.89 Å². The summed E-state index contributed by atoms with van der Waals surface area (Å²) in [6.45, 7) is 2.04. The maximum atomic E-state index is 6.16. The number of allylic oxidation sites excluding steroid dienone is 1. The summed E-state index contributed by atoms with van der Waals surface area (Å²) in [6.07, 6.45) is 5.44. The highest BCUT2D eigenvalue weighted by Gasteiger charge is 2.08. The van der Waals surface area contributed by atoms with Gasteiger partial charge in [0.1, 0.15) is 5.52 Å². The minimum absolute atomic E-state index is 0.584. The van der Waals surface area contributed by atoms with Gasteiger partial charge in [-0.1, -0.05) is 47.5 Å². The fraction of sp³-hybridized carbons (Fsp3) is 0.0435. The maximum Gasteiger partial charge on any atom is 0.227 e. The number of halogens is 2. The molecule has 3 nitrogen and oxygen atoms in total. The zero-order valence-electron chi connectivity index (χ0n) is 15.1. The van der Waals surface area contributed by atoms with Gasteiger partial charge in [-0.2, -0.15) is 0 Å². The first kappa shape index (κ1) is 18.5. The predicted octanol–water partition coefficient (Wildman–Crippen LogP) is 7.53. The Morgan fingerprint density at radius 1 is 1.00 bits per heavy atom. The van der Waals surface area contributed by atoms with Crippen molar-refractivity contribution in [1.82, 2.24) is 4.98 Å². The topological polar surface area (TPSA) is 38.4 Å². The fourth-order valence-electron chi connectivity index (χ4n) is 2.79. The molecule has 0 amide bonds. The zero-order chi connectivity index (χ0) is 19.5. The smallest absolute Gasteiger partial charge is 0.227 e. The van der Waals surface area contributed by atoms with Crippen molar-refractivity contribution < 1.29 is 4.42 Å². The Labute approximate surface area is 173 Å².